The number of hydrogen-bond donors (Lipinski definition) is 2. The molecule has 0 spiro atoms. The SMILES string of the molecule is Cc1[nH]c2cc(F)ccc2c(=O)c1Cc1ccc(Cl)cc1.Cc1[nH]c2cccc(F)c2c(=O)c1Cc1ccc(Cl)cc1. The number of pyridine rings is 2. The fraction of sp³-hybridized carbons (Fsp3) is 0.118. The van der Waals surface area contributed by atoms with Crippen LogP contribution in [0, 0.1) is 25.5 Å². The minimum absolute atomic E-state index is 0.0591. The van der Waals surface area contributed by atoms with Gasteiger partial charge < -0.3 is 9.97 Å². The third-order valence-electron chi connectivity index (χ3n) is 7.15. The molecule has 8 heteroatoms. The minimum atomic E-state index is -0.494. The van der Waals surface area contributed by atoms with Gasteiger partial charge in [-0.3, -0.25) is 9.59 Å². The molecule has 2 N–H and O–H groups in total. The first-order chi connectivity index (χ1) is 20.1. The van der Waals surface area contributed by atoms with E-state index in [2.05, 4.69) is 9.97 Å². The van der Waals surface area contributed by atoms with E-state index in [0.717, 1.165) is 22.5 Å². The molecule has 212 valence electrons. The number of aryl methyl sites for hydroxylation is 2. The average Bonchev–Trinajstić information content (AvgIpc) is 2.95. The Morgan fingerprint density at radius 1 is 0.643 bits per heavy atom. The lowest BCUT2D eigenvalue weighted by atomic mass is 10.0. The summed E-state index contributed by atoms with van der Waals surface area (Å²) >= 11 is 11.7. The first-order valence-electron chi connectivity index (χ1n) is 13.2. The lowest BCUT2D eigenvalue weighted by Crippen LogP contribution is -2.15. The third-order valence-corrected chi connectivity index (χ3v) is 7.66. The maximum atomic E-state index is 13.9. The van der Waals surface area contributed by atoms with Gasteiger partial charge in [0.05, 0.1) is 16.4 Å². The van der Waals surface area contributed by atoms with Crippen LogP contribution in [0.1, 0.15) is 33.6 Å². The van der Waals surface area contributed by atoms with Gasteiger partial charge in [-0.05, 0) is 79.6 Å². The maximum Gasteiger partial charge on any atom is 0.196 e. The molecule has 6 rings (SSSR count). The monoisotopic (exact) mass is 602 g/mol. The second-order valence-corrected chi connectivity index (χ2v) is 10.9. The predicted octanol–water partition coefficient (Wildman–Crippen LogP) is 8.44. The number of halogens is 4. The molecule has 4 nitrogen and oxygen atoms in total. The van der Waals surface area contributed by atoms with E-state index < -0.39 is 5.82 Å². The second-order valence-electron chi connectivity index (χ2n) is 10.1. The smallest absolute Gasteiger partial charge is 0.196 e. The van der Waals surface area contributed by atoms with E-state index >= 15 is 0 Å². The fourth-order valence-electron chi connectivity index (χ4n) is 4.92. The Balaban J connectivity index is 0.000000168. The molecule has 42 heavy (non-hydrogen) atoms. The largest absolute Gasteiger partial charge is 0.358 e. The molecule has 2 heterocycles. The maximum absolute atomic E-state index is 13.9. The van der Waals surface area contributed by atoms with E-state index in [-0.39, 0.29) is 22.1 Å². The highest BCUT2D eigenvalue weighted by atomic mass is 35.5. The molecular weight excluding hydrogens is 577 g/mol. The minimum Gasteiger partial charge on any atom is -0.358 e. The van der Waals surface area contributed by atoms with Crippen molar-refractivity contribution in [2.45, 2.75) is 26.7 Å². The van der Waals surface area contributed by atoms with Crippen molar-refractivity contribution in [2.24, 2.45) is 0 Å². The number of nitrogens with one attached hydrogen (secondary N) is 2. The molecule has 0 aliphatic rings. The first kappa shape index (κ1) is 29.2. The standard InChI is InChI=1S/2C17H13ClFNO/c1-10-15(8-11-2-4-12(18)5-3-11)17(21)14-7-6-13(19)9-16(14)20-10;1-10-13(9-11-5-7-12(18)8-6-11)17(21)16-14(19)3-2-4-15(16)20-10/h2-7,9H,8H2,1H3,(H,20,21);2-8H,9H2,1H3,(H,20,21). The summed E-state index contributed by atoms with van der Waals surface area (Å²) in [5.41, 5.74) is 5.49. The Kier molecular flexibility index (Phi) is 8.57. The molecule has 0 bridgehead atoms. The molecule has 4 aromatic carbocycles. The molecular formula is C34H26Cl2F2N2O2. The molecule has 0 aliphatic carbocycles. The van der Waals surface area contributed by atoms with Crippen molar-refractivity contribution >= 4 is 45.0 Å². The van der Waals surface area contributed by atoms with Crippen LogP contribution in [-0.4, -0.2) is 9.97 Å². The Morgan fingerprint density at radius 3 is 1.74 bits per heavy atom. The quantitative estimate of drug-likeness (QED) is 0.212. The Labute approximate surface area is 250 Å². The second kappa shape index (κ2) is 12.3. The zero-order valence-corrected chi connectivity index (χ0v) is 24.3. The van der Waals surface area contributed by atoms with Crippen LogP contribution >= 0.6 is 23.2 Å². The van der Waals surface area contributed by atoms with Crippen molar-refractivity contribution in [3.63, 3.8) is 0 Å². The molecule has 0 saturated carbocycles. The Hall–Kier alpha value is -4.26. The molecule has 0 saturated heterocycles. The molecule has 0 amide bonds. The van der Waals surface area contributed by atoms with Gasteiger partial charge in [0.2, 0.25) is 0 Å². The molecule has 0 unspecified atom stereocenters. The van der Waals surface area contributed by atoms with Crippen LogP contribution < -0.4 is 10.9 Å². The molecule has 0 radical (unpaired) electrons. The molecule has 0 atom stereocenters. The number of benzene rings is 4. The van der Waals surface area contributed by atoms with Crippen LogP contribution in [0.2, 0.25) is 10.0 Å². The summed E-state index contributed by atoms with van der Waals surface area (Å²) in [4.78, 5) is 31.3. The number of hydrogen-bond acceptors (Lipinski definition) is 2. The summed E-state index contributed by atoms with van der Waals surface area (Å²) in [6.07, 6.45) is 0.967. The highest BCUT2D eigenvalue weighted by Crippen LogP contribution is 2.19. The lowest BCUT2D eigenvalue weighted by Gasteiger charge is -2.09. The van der Waals surface area contributed by atoms with Gasteiger partial charge in [-0.15, -0.1) is 0 Å². The third kappa shape index (κ3) is 6.30. The van der Waals surface area contributed by atoms with E-state index in [1.54, 1.807) is 36.4 Å². The van der Waals surface area contributed by atoms with Gasteiger partial charge in [-0.2, -0.15) is 0 Å². The van der Waals surface area contributed by atoms with Gasteiger partial charge >= 0.3 is 0 Å². The van der Waals surface area contributed by atoms with Crippen molar-refractivity contribution in [3.8, 4) is 0 Å². The Bertz CT molecular complexity index is 2030. The number of H-pyrrole nitrogens is 2. The van der Waals surface area contributed by atoms with E-state index in [4.69, 9.17) is 23.2 Å². The van der Waals surface area contributed by atoms with Crippen molar-refractivity contribution in [3.05, 3.63) is 161 Å². The summed E-state index contributed by atoms with van der Waals surface area (Å²) < 4.78 is 27.2. The number of fused-ring (bicyclic) bond motifs is 2. The Morgan fingerprint density at radius 2 is 1.17 bits per heavy atom. The summed E-state index contributed by atoms with van der Waals surface area (Å²) in [7, 11) is 0. The van der Waals surface area contributed by atoms with E-state index in [9.17, 15) is 18.4 Å². The summed E-state index contributed by atoms with van der Waals surface area (Å²) in [6, 6.07) is 23.5. The summed E-state index contributed by atoms with van der Waals surface area (Å²) in [5, 5.41) is 1.94. The molecule has 6 aromatic rings. The van der Waals surface area contributed by atoms with Gasteiger partial charge in [0.1, 0.15) is 11.6 Å². The van der Waals surface area contributed by atoms with Crippen molar-refractivity contribution < 1.29 is 8.78 Å². The van der Waals surface area contributed by atoms with E-state index in [0.29, 0.717) is 50.4 Å². The normalized spacial score (nSPS) is 11.0. The topological polar surface area (TPSA) is 65.7 Å². The van der Waals surface area contributed by atoms with Crippen LogP contribution in [-0.2, 0) is 12.8 Å². The van der Waals surface area contributed by atoms with Gasteiger partial charge in [-0.25, -0.2) is 8.78 Å². The van der Waals surface area contributed by atoms with Crippen LogP contribution in [0.4, 0.5) is 8.78 Å². The van der Waals surface area contributed by atoms with Crippen molar-refractivity contribution in [2.75, 3.05) is 0 Å². The van der Waals surface area contributed by atoms with E-state index in [1.165, 1.54) is 24.3 Å². The van der Waals surface area contributed by atoms with Crippen LogP contribution in [0.15, 0.2) is 94.5 Å². The summed E-state index contributed by atoms with van der Waals surface area (Å²) in [5.74, 6) is -0.853. The highest BCUT2D eigenvalue weighted by molar-refractivity contribution is 6.30. The zero-order chi connectivity index (χ0) is 30.0. The lowest BCUT2D eigenvalue weighted by molar-refractivity contribution is 0.629. The van der Waals surface area contributed by atoms with Crippen LogP contribution in [0.25, 0.3) is 21.8 Å². The summed E-state index contributed by atoms with van der Waals surface area (Å²) in [6.45, 7) is 3.66. The molecule has 2 aromatic heterocycles. The van der Waals surface area contributed by atoms with Crippen molar-refractivity contribution in [1.82, 2.24) is 9.97 Å². The number of rotatable bonds is 4. The average molecular weight is 603 g/mol. The molecule has 0 fully saturated rings. The van der Waals surface area contributed by atoms with Crippen LogP contribution in [0.3, 0.4) is 0 Å². The number of aromatic nitrogens is 2. The predicted molar refractivity (Wildman–Crippen MR) is 167 cm³/mol. The number of aromatic amines is 2. The highest BCUT2D eigenvalue weighted by Gasteiger charge is 2.13. The van der Waals surface area contributed by atoms with Gasteiger partial charge in [0, 0.05) is 50.8 Å². The molecule has 0 aliphatic heterocycles. The fourth-order valence-corrected chi connectivity index (χ4v) is 5.18. The first-order valence-corrected chi connectivity index (χ1v) is 14.0. The zero-order valence-electron chi connectivity index (χ0n) is 22.8. The van der Waals surface area contributed by atoms with Gasteiger partial charge in [0.15, 0.2) is 10.9 Å². The van der Waals surface area contributed by atoms with Crippen molar-refractivity contribution in [1.29, 1.82) is 0 Å². The van der Waals surface area contributed by atoms with Gasteiger partial charge in [0.25, 0.3) is 0 Å². The van der Waals surface area contributed by atoms with E-state index in [1.807, 2.05) is 38.1 Å². The van der Waals surface area contributed by atoms with Gasteiger partial charge in [-0.1, -0.05) is 53.5 Å². The van der Waals surface area contributed by atoms with Crippen LogP contribution in [0.5, 0.6) is 0 Å².